The van der Waals surface area contributed by atoms with Gasteiger partial charge in [-0.3, -0.25) is 9.59 Å². The molecule has 0 spiro atoms. The van der Waals surface area contributed by atoms with Crippen LogP contribution in [0, 0.1) is 5.92 Å². The molecule has 3 aromatic rings. The number of nitrogens with zero attached hydrogens (tertiary/aromatic N) is 3. The molecule has 0 bridgehead atoms. The highest BCUT2D eigenvalue weighted by Crippen LogP contribution is 2.22. The first-order valence-corrected chi connectivity index (χ1v) is 10.8. The zero-order valence-electron chi connectivity index (χ0n) is 17.2. The van der Waals surface area contributed by atoms with Crippen LogP contribution in [0.25, 0.3) is 0 Å². The summed E-state index contributed by atoms with van der Waals surface area (Å²) in [5.41, 5.74) is 2.54. The normalized spacial score (nSPS) is 16.2. The predicted molar refractivity (Wildman–Crippen MR) is 122 cm³/mol. The van der Waals surface area contributed by atoms with Crippen molar-refractivity contribution in [3.63, 3.8) is 0 Å². The minimum absolute atomic E-state index is 0.00926. The molecule has 1 aliphatic heterocycles. The van der Waals surface area contributed by atoms with Crippen LogP contribution in [0.1, 0.15) is 24.0 Å². The lowest BCUT2D eigenvalue weighted by Gasteiger charge is -2.33. The number of halogens is 1. The molecule has 6 nitrogen and oxygen atoms in total. The van der Waals surface area contributed by atoms with Gasteiger partial charge in [-0.25, -0.2) is 4.68 Å². The van der Waals surface area contributed by atoms with Crippen LogP contribution < -0.4 is 15.8 Å². The number of hydrogen-bond donors (Lipinski definition) is 1. The van der Waals surface area contributed by atoms with Crippen molar-refractivity contribution in [3.8, 4) is 0 Å². The van der Waals surface area contributed by atoms with E-state index in [1.54, 1.807) is 12.3 Å². The van der Waals surface area contributed by atoms with Crippen LogP contribution in [0.15, 0.2) is 71.7 Å². The largest absolute Gasteiger partial charge is 0.369 e. The number of benzene rings is 2. The molecule has 0 saturated carbocycles. The second-order valence-corrected chi connectivity index (χ2v) is 8.20. The average Bonchev–Trinajstić information content (AvgIpc) is 2.80. The number of piperidine rings is 1. The van der Waals surface area contributed by atoms with Gasteiger partial charge < -0.3 is 10.2 Å². The molecule has 0 radical (unpaired) electrons. The fraction of sp³-hybridized carbons (Fsp3) is 0.292. The Morgan fingerprint density at radius 2 is 1.90 bits per heavy atom. The highest BCUT2D eigenvalue weighted by atomic mass is 35.5. The fourth-order valence-electron chi connectivity index (χ4n) is 3.87. The van der Waals surface area contributed by atoms with E-state index in [9.17, 15) is 9.59 Å². The molecule has 4 rings (SSSR count). The number of anilines is 1. The molecule has 2 aromatic carbocycles. The monoisotopic (exact) mass is 436 g/mol. The quantitative estimate of drug-likeness (QED) is 0.642. The van der Waals surface area contributed by atoms with Crippen molar-refractivity contribution in [1.82, 2.24) is 15.1 Å². The van der Waals surface area contributed by atoms with Crippen LogP contribution >= 0.6 is 11.6 Å². The third-order valence-corrected chi connectivity index (χ3v) is 5.97. The number of amides is 1. The third-order valence-electron chi connectivity index (χ3n) is 5.60. The highest BCUT2D eigenvalue weighted by molar-refractivity contribution is 6.31. The molecule has 1 unspecified atom stereocenters. The molecule has 1 amide bonds. The van der Waals surface area contributed by atoms with Crippen molar-refractivity contribution in [2.24, 2.45) is 5.92 Å². The number of aromatic nitrogens is 2. The predicted octanol–water partition coefficient (Wildman–Crippen LogP) is 3.48. The lowest BCUT2D eigenvalue weighted by Crippen LogP contribution is -2.43. The first-order chi connectivity index (χ1) is 15.1. The second-order valence-electron chi connectivity index (χ2n) is 7.79. The SMILES string of the molecule is O=C(NCc1ccccc1Cl)C1CCCN(c2cnn(Cc3ccccc3)c(=O)c2)C1. The zero-order valence-corrected chi connectivity index (χ0v) is 18.0. The van der Waals surface area contributed by atoms with Gasteiger partial charge in [0.05, 0.1) is 24.3 Å². The molecule has 1 aromatic heterocycles. The Balaban J connectivity index is 1.39. The summed E-state index contributed by atoms with van der Waals surface area (Å²) in [6.45, 7) is 2.22. The molecule has 31 heavy (non-hydrogen) atoms. The first-order valence-electron chi connectivity index (χ1n) is 10.5. The number of carbonyl (C=O) groups is 1. The maximum Gasteiger partial charge on any atom is 0.269 e. The van der Waals surface area contributed by atoms with E-state index in [1.165, 1.54) is 4.68 Å². The molecule has 1 N–H and O–H groups in total. The van der Waals surface area contributed by atoms with Crippen LogP contribution in [0.3, 0.4) is 0 Å². The van der Waals surface area contributed by atoms with Crippen molar-refractivity contribution in [1.29, 1.82) is 0 Å². The zero-order chi connectivity index (χ0) is 21.6. The molecule has 1 atom stereocenters. The molecule has 1 fully saturated rings. The third kappa shape index (κ3) is 5.33. The molecule has 0 aliphatic carbocycles. The lowest BCUT2D eigenvalue weighted by molar-refractivity contribution is -0.125. The van der Waals surface area contributed by atoms with Gasteiger partial charge in [0.25, 0.3) is 5.56 Å². The van der Waals surface area contributed by atoms with E-state index in [0.717, 1.165) is 36.2 Å². The molecule has 2 heterocycles. The molecule has 1 saturated heterocycles. The summed E-state index contributed by atoms with van der Waals surface area (Å²) < 4.78 is 1.45. The number of rotatable bonds is 6. The first kappa shape index (κ1) is 21.1. The van der Waals surface area contributed by atoms with Crippen molar-refractivity contribution < 1.29 is 4.79 Å². The molecular formula is C24H25ClN4O2. The average molecular weight is 437 g/mol. The Bertz CT molecular complexity index is 1100. The van der Waals surface area contributed by atoms with Gasteiger partial charge in [-0.1, -0.05) is 60.1 Å². The Kier molecular flexibility index (Phi) is 6.67. The summed E-state index contributed by atoms with van der Waals surface area (Å²) in [6, 6.07) is 18.9. The van der Waals surface area contributed by atoms with Gasteiger partial charge in [-0.15, -0.1) is 0 Å². The van der Waals surface area contributed by atoms with Crippen LogP contribution in [0.4, 0.5) is 5.69 Å². The summed E-state index contributed by atoms with van der Waals surface area (Å²) in [5.74, 6) is -0.127. The summed E-state index contributed by atoms with van der Waals surface area (Å²) >= 11 is 6.18. The Morgan fingerprint density at radius 3 is 2.68 bits per heavy atom. The maximum absolute atomic E-state index is 12.7. The van der Waals surface area contributed by atoms with E-state index in [2.05, 4.69) is 15.3 Å². The van der Waals surface area contributed by atoms with Gasteiger partial charge in [0.2, 0.25) is 5.91 Å². The van der Waals surface area contributed by atoms with E-state index in [1.807, 2.05) is 54.6 Å². The fourth-order valence-corrected chi connectivity index (χ4v) is 4.07. The molecular weight excluding hydrogens is 412 g/mol. The minimum atomic E-state index is -0.147. The van der Waals surface area contributed by atoms with Gasteiger partial charge in [0.15, 0.2) is 0 Å². The van der Waals surface area contributed by atoms with E-state index in [4.69, 9.17) is 11.6 Å². The summed E-state index contributed by atoms with van der Waals surface area (Å²) in [7, 11) is 0. The van der Waals surface area contributed by atoms with Crippen molar-refractivity contribution in [2.45, 2.75) is 25.9 Å². The maximum atomic E-state index is 12.7. The Morgan fingerprint density at radius 1 is 1.13 bits per heavy atom. The van der Waals surface area contributed by atoms with E-state index >= 15 is 0 Å². The number of carbonyl (C=O) groups excluding carboxylic acids is 1. The molecule has 160 valence electrons. The minimum Gasteiger partial charge on any atom is -0.369 e. The van der Waals surface area contributed by atoms with Gasteiger partial charge in [0, 0.05) is 30.7 Å². The van der Waals surface area contributed by atoms with Crippen LogP contribution in [-0.4, -0.2) is 28.8 Å². The van der Waals surface area contributed by atoms with Gasteiger partial charge in [0.1, 0.15) is 0 Å². The highest BCUT2D eigenvalue weighted by Gasteiger charge is 2.26. The number of hydrogen-bond acceptors (Lipinski definition) is 4. The van der Waals surface area contributed by atoms with Crippen LogP contribution in [0.2, 0.25) is 5.02 Å². The van der Waals surface area contributed by atoms with Crippen molar-refractivity contribution >= 4 is 23.2 Å². The van der Waals surface area contributed by atoms with Crippen molar-refractivity contribution in [2.75, 3.05) is 18.0 Å². The number of nitrogens with one attached hydrogen (secondary N) is 1. The smallest absolute Gasteiger partial charge is 0.269 e. The van der Waals surface area contributed by atoms with Crippen LogP contribution in [0.5, 0.6) is 0 Å². The second kappa shape index (κ2) is 9.79. The topological polar surface area (TPSA) is 67.2 Å². The standard InChI is InChI=1S/C24H25ClN4O2/c25-22-11-5-4-9-19(22)14-26-24(31)20-10-6-12-28(17-20)21-13-23(30)29(27-15-21)16-18-7-2-1-3-8-18/h1-5,7-9,11,13,15,20H,6,10,12,14,16-17H2,(H,26,31). The molecule has 1 aliphatic rings. The van der Waals surface area contributed by atoms with Crippen molar-refractivity contribution in [3.05, 3.63) is 93.4 Å². The molecule has 7 heteroatoms. The lowest BCUT2D eigenvalue weighted by atomic mass is 9.96. The van der Waals surface area contributed by atoms with E-state index in [0.29, 0.717) is 24.7 Å². The Labute approximate surface area is 186 Å². The van der Waals surface area contributed by atoms with Gasteiger partial charge in [-0.2, -0.15) is 5.10 Å². The summed E-state index contributed by atoms with van der Waals surface area (Å²) in [4.78, 5) is 27.4. The summed E-state index contributed by atoms with van der Waals surface area (Å²) in [5, 5.41) is 8.00. The van der Waals surface area contributed by atoms with E-state index in [-0.39, 0.29) is 17.4 Å². The Hall–Kier alpha value is -3.12. The van der Waals surface area contributed by atoms with Crippen LogP contribution in [-0.2, 0) is 17.9 Å². The van der Waals surface area contributed by atoms with Gasteiger partial charge in [-0.05, 0) is 30.0 Å². The van der Waals surface area contributed by atoms with Gasteiger partial charge >= 0.3 is 0 Å². The van der Waals surface area contributed by atoms with E-state index < -0.39 is 0 Å². The summed E-state index contributed by atoms with van der Waals surface area (Å²) in [6.07, 6.45) is 3.43.